The van der Waals surface area contributed by atoms with Crippen LogP contribution in [0.25, 0.3) is 17.1 Å². The highest BCUT2D eigenvalue weighted by molar-refractivity contribution is 5.73. The average Bonchev–Trinajstić information content (AvgIpc) is 2.84. The Morgan fingerprint density at radius 1 is 1.10 bits per heavy atom. The normalized spacial score (nSPS) is 10.8. The van der Waals surface area contributed by atoms with Gasteiger partial charge in [0.1, 0.15) is 16.8 Å². The molecule has 0 aliphatic carbocycles. The van der Waals surface area contributed by atoms with Gasteiger partial charge in [0.15, 0.2) is 0 Å². The number of fused-ring (bicyclic) bond motifs is 1. The minimum absolute atomic E-state index is 0.290. The Balaban J connectivity index is 1.92. The molecule has 0 atom stereocenters. The fourth-order valence-electron chi connectivity index (χ4n) is 2.27. The van der Waals surface area contributed by atoms with Crippen LogP contribution in [-0.4, -0.2) is 20.1 Å². The number of phenols is 1. The van der Waals surface area contributed by atoms with E-state index in [0.29, 0.717) is 12.3 Å². The van der Waals surface area contributed by atoms with Crippen molar-refractivity contribution in [3.63, 3.8) is 0 Å². The Morgan fingerprint density at radius 3 is 2.38 bits per heavy atom. The molecule has 0 saturated heterocycles. The number of phenolic OH excluding ortho intramolecular Hbond substituents is 1. The lowest BCUT2D eigenvalue weighted by atomic mass is 10.1. The van der Waals surface area contributed by atoms with Crippen LogP contribution < -0.4 is 0 Å². The molecule has 0 aliphatic rings. The topological polar surface area (TPSA) is 50.9 Å². The summed E-state index contributed by atoms with van der Waals surface area (Å²) in [5.41, 5.74) is 4.80. The van der Waals surface area contributed by atoms with Crippen LogP contribution in [0.5, 0.6) is 5.75 Å². The van der Waals surface area contributed by atoms with Gasteiger partial charge in [-0.25, -0.2) is 0 Å². The van der Waals surface area contributed by atoms with Gasteiger partial charge in [0.2, 0.25) is 0 Å². The van der Waals surface area contributed by atoms with E-state index >= 15 is 0 Å². The fourth-order valence-corrected chi connectivity index (χ4v) is 2.27. The monoisotopic (exact) mass is 279 g/mol. The molecule has 1 aromatic heterocycles. The van der Waals surface area contributed by atoms with Gasteiger partial charge < -0.3 is 5.11 Å². The molecule has 106 valence electrons. The van der Waals surface area contributed by atoms with Crippen molar-refractivity contribution in [1.82, 2.24) is 15.0 Å². The summed E-state index contributed by atoms with van der Waals surface area (Å²) in [5.74, 6) is 0.290. The molecule has 0 spiro atoms. The number of benzene rings is 2. The van der Waals surface area contributed by atoms with Gasteiger partial charge in [0.05, 0.1) is 6.54 Å². The van der Waals surface area contributed by atoms with Crippen molar-refractivity contribution in [2.75, 3.05) is 0 Å². The van der Waals surface area contributed by atoms with Gasteiger partial charge in [-0.15, -0.1) is 0 Å². The first kappa shape index (κ1) is 13.4. The maximum Gasteiger partial charge on any atom is 0.122 e. The number of aromatic nitrogens is 3. The number of allylic oxidation sites excluding steroid dienone is 1. The van der Waals surface area contributed by atoms with Crippen LogP contribution in [0.4, 0.5) is 0 Å². The number of hydrogen-bond acceptors (Lipinski definition) is 3. The lowest BCUT2D eigenvalue weighted by Crippen LogP contribution is -2.03. The number of aromatic hydroxyl groups is 1. The second-order valence-corrected chi connectivity index (χ2v) is 5.33. The van der Waals surface area contributed by atoms with E-state index in [4.69, 9.17) is 0 Å². The average molecular weight is 279 g/mol. The van der Waals surface area contributed by atoms with Gasteiger partial charge in [0.25, 0.3) is 0 Å². The predicted octanol–water partition coefficient (Wildman–Crippen LogP) is 3.61. The van der Waals surface area contributed by atoms with Crippen LogP contribution in [-0.2, 0) is 6.54 Å². The summed E-state index contributed by atoms with van der Waals surface area (Å²) in [7, 11) is 0. The third-order valence-corrected chi connectivity index (χ3v) is 3.19. The first-order valence-corrected chi connectivity index (χ1v) is 6.88. The highest BCUT2D eigenvalue weighted by Crippen LogP contribution is 2.22. The quantitative estimate of drug-likeness (QED) is 0.796. The highest BCUT2D eigenvalue weighted by atomic mass is 16.3. The lowest BCUT2D eigenvalue weighted by molar-refractivity contribution is 0.473. The van der Waals surface area contributed by atoms with Crippen LogP contribution in [0.1, 0.15) is 25.0 Å². The number of rotatable bonds is 3. The molecule has 0 saturated carbocycles. The maximum absolute atomic E-state index is 9.88. The molecule has 4 nitrogen and oxygen atoms in total. The van der Waals surface area contributed by atoms with E-state index in [9.17, 15) is 5.11 Å². The third-order valence-electron chi connectivity index (χ3n) is 3.19. The summed E-state index contributed by atoms with van der Waals surface area (Å²) in [4.78, 5) is 1.68. The van der Waals surface area contributed by atoms with Gasteiger partial charge in [0, 0.05) is 5.56 Å². The summed E-state index contributed by atoms with van der Waals surface area (Å²) in [6.07, 6.45) is 1.96. The van der Waals surface area contributed by atoms with E-state index in [0.717, 1.165) is 27.7 Å². The molecule has 21 heavy (non-hydrogen) atoms. The maximum atomic E-state index is 9.88. The highest BCUT2D eigenvalue weighted by Gasteiger charge is 2.05. The van der Waals surface area contributed by atoms with Crippen LogP contribution in [0, 0.1) is 0 Å². The van der Waals surface area contributed by atoms with Crippen molar-refractivity contribution in [2.24, 2.45) is 0 Å². The molecule has 0 unspecified atom stereocenters. The molecule has 0 bridgehead atoms. The zero-order valence-corrected chi connectivity index (χ0v) is 12.1. The van der Waals surface area contributed by atoms with Crippen molar-refractivity contribution in [2.45, 2.75) is 20.4 Å². The van der Waals surface area contributed by atoms with Crippen LogP contribution in [0.3, 0.4) is 0 Å². The van der Waals surface area contributed by atoms with Crippen molar-refractivity contribution in [3.05, 3.63) is 59.2 Å². The van der Waals surface area contributed by atoms with E-state index < -0.39 is 0 Å². The molecule has 2 aromatic carbocycles. The van der Waals surface area contributed by atoms with Gasteiger partial charge >= 0.3 is 0 Å². The van der Waals surface area contributed by atoms with Gasteiger partial charge in [-0.3, -0.25) is 0 Å². The minimum Gasteiger partial charge on any atom is -0.507 e. The Hall–Kier alpha value is -2.62. The van der Waals surface area contributed by atoms with E-state index in [1.54, 1.807) is 10.9 Å². The standard InChI is InChI=1S/C17H17N3O/c1-12(2)9-14-10-13(7-8-17(14)21)11-20-18-15-5-3-4-6-16(15)19-20/h3-10,21H,11H2,1-2H3. The third kappa shape index (κ3) is 2.94. The first-order valence-electron chi connectivity index (χ1n) is 6.88. The second-order valence-electron chi connectivity index (χ2n) is 5.33. The molecular formula is C17H17N3O. The zero-order valence-electron chi connectivity index (χ0n) is 12.1. The Bertz CT molecular complexity index is 781. The van der Waals surface area contributed by atoms with Gasteiger partial charge in [-0.2, -0.15) is 15.0 Å². The Labute approximate surface area is 123 Å². The Kier molecular flexibility index (Phi) is 3.44. The molecule has 0 fully saturated rings. The largest absolute Gasteiger partial charge is 0.507 e. The van der Waals surface area contributed by atoms with Crippen LogP contribution in [0.2, 0.25) is 0 Å². The first-order chi connectivity index (χ1) is 10.1. The van der Waals surface area contributed by atoms with E-state index in [1.807, 2.05) is 56.3 Å². The summed E-state index contributed by atoms with van der Waals surface area (Å²) in [5, 5.41) is 18.8. The summed E-state index contributed by atoms with van der Waals surface area (Å²) in [6.45, 7) is 4.60. The molecular weight excluding hydrogens is 262 g/mol. The molecule has 4 heteroatoms. The van der Waals surface area contributed by atoms with Gasteiger partial charge in [-0.05, 0) is 43.7 Å². The van der Waals surface area contributed by atoms with E-state index in [-0.39, 0.29) is 0 Å². The molecule has 3 aromatic rings. The van der Waals surface area contributed by atoms with Crippen molar-refractivity contribution >= 4 is 17.1 Å². The molecule has 3 rings (SSSR count). The second kappa shape index (κ2) is 5.40. The SMILES string of the molecule is CC(C)=Cc1cc(Cn2nc3ccccc3n2)ccc1O. The van der Waals surface area contributed by atoms with Crippen molar-refractivity contribution in [1.29, 1.82) is 0 Å². The van der Waals surface area contributed by atoms with E-state index in [1.165, 1.54) is 0 Å². The molecule has 0 aliphatic heterocycles. The lowest BCUT2D eigenvalue weighted by Gasteiger charge is -2.05. The predicted molar refractivity (Wildman–Crippen MR) is 84.1 cm³/mol. The summed E-state index contributed by atoms with van der Waals surface area (Å²) in [6, 6.07) is 13.4. The van der Waals surface area contributed by atoms with Crippen LogP contribution in [0.15, 0.2) is 48.0 Å². The van der Waals surface area contributed by atoms with E-state index in [2.05, 4.69) is 10.2 Å². The van der Waals surface area contributed by atoms with Crippen molar-refractivity contribution < 1.29 is 5.11 Å². The van der Waals surface area contributed by atoms with Gasteiger partial charge in [-0.1, -0.05) is 29.8 Å². The molecule has 0 amide bonds. The summed E-state index contributed by atoms with van der Waals surface area (Å²) < 4.78 is 0. The summed E-state index contributed by atoms with van der Waals surface area (Å²) >= 11 is 0. The molecule has 1 heterocycles. The smallest absolute Gasteiger partial charge is 0.122 e. The number of hydrogen-bond donors (Lipinski definition) is 1. The number of nitrogens with zero attached hydrogens (tertiary/aromatic N) is 3. The zero-order chi connectivity index (χ0) is 14.8. The molecule has 1 N–H and O–H groups in total. The Morgan fingerprint density at radius 2 is 1.76 bits per heavy atom. The fraction of sp³-hybridized carbons (Fsp3) is 0.176. The van der Waals surface area contributed by atoms with Crippen molar-refractivity contribution in [3.8, 4) is 5.75 Å². The minimum atomic E-state index is 0.290. The molecule has 0 radical (unpaired) electrons. The van der Waals surface area contributed by atoms with Crippen LogP contribution >= 0.6 is 0 Å².